The number of hydrogen-bond acceptors (Lipinski definition) is 3. The first-order valence-corrected chi connectivity index (χ1v) is 6.60. The van der Waals surface area contributed by atoms with E-state index in [1.54, 1.807) is 6.07 Å². The Hall–Kier alpha value is -2.35. The van der Waals surface area contributed by atoms with Gasteiger partial charge in [0.15, 0.2) is 0 Å². The molecule has 1 heterocycles. The van der Waals surface area contributed by atoms with Gasteiger partial charge in [0, 0.05) is 12.5 Å². The lowest BCUT2D eigenvalue weighted by Crippen LogP contribution is -2.68. The van der Waals surface area contributed by atoms with E-state index in [1.807, 2.05) is 23.7 Å². The first-order chi connectivity index (χ1) is 9.50. The van der Waals surface area contributed by atoms with E-state index in [0.29, 0.717) is 24.8 Å². The second-order valence-electron chi connectivity index (χ2n) is 6.21. The van der Waals surface area contributed by atoms with Gasteiger partial charge >= 0.3 is 5.97 Å². The van der Waals surface area contributed by atoms with Crippen molar-refractivity contribution in [2.45, 2.75) is 24.7 Å². The molecule has 0 saturated heterocycles. The van der Waals surface area contributed by atoms with Gasteiger partial charge in [-0.3, -0.25) is 4.79 Å². The van der Waals surface area contributed by atoms with E-state index >= 15 is 0 Å². The Morgan fingerprint density at radius 1 is 1.45 bits per heavy atom. The van der Waals surface area contributed by atoms with E-state index in [4.69, 9.17) is 5.26 Å². The van der Waals surface area contributed by atoms with Crippen molar-refractivity contribution in [2.24, 2.45) is 12.5 Å². The average molecular weight is 267 g/mol. The molecule has 0 aliphatic heterocycles. The van der Waals surface area contributed by atoms with Crippen molar-refractivity contribution in [1.29, 1.82) is 5.26 Å². The van der Waals surface area contributed by atoms with Crippen LogP contribution in [0, 0.1) is 16.7 Å². The van der Waals surface area contributed by atoms with E-state index in [-0.39, 0.29) is 5.41 Å². The van der Waals surface area contributed by atoms with Crippen LogP contribution in [0.4, 0.5) is 0 Å². The lowest BCUT2D eigenvalue weighted by Gasteiger charge is -2.67. The summed E-state index contributed by atoms with van der Waals surface area (Å²) in [4.78, 5) is 15.9. The van der Waals surface area contributed by atoms with Gasteiger partial charge in [0.05, 0.1) is 28.1 Å². The van der Waals surface area contributed by atoms with Gasteiger partial charge in [0.2, 0.25) is 0 Å². The predicted octanol–water partition coefficient (Wildman–Crippen LogP) is 1.95. The minimum atomic E-state index is -0.676. The zero-order valence-corrected chi connectivity index (χ0v) is 11.1. The fraction of sp³-hybridized carbons (Fsp3) is 0.400. The Labute approximate surface area is 115 Å². The molecule has 2 bridgehead atoms. The number of imidazole rings is 1. The summed E-state index contributed by atoms with van der Waals surface area (Å²) in [5.74, 6) is 0.288. The third-order valence-electron chi connectivity index (χ3n) is 4.97. The molecule has 0 radical (unpaired) electrons. The summed E-state index contributed by atoms with van der Waals surface area (Å²) < 4.78 is 2.01. The molecule has 0 spiro atoms. The van der Waals surface area contributed by atoms with Crippen LogP contribution in [0.25, 0.3) is 11.0 Å². The highest BCUT2D eigenvalue weighted by molar-refractivity contribution is 5.82. The van der Waals surface area contributed by atoms with Crippen LogP contribution in [0.15, 0.2) is 18.2 Å². The van der Waals surface area contributed by atoms with Crippen molar-refractivity contribution in [3.63, 3.8) is 0 Å². The highest BCUT2D eigenvalue weighted by atomic mass is 16.4. The maximum absolute atomic E-state index is 11.2. The van der Waals surface area contributed by atoms with Gasteiger partial charge in [-0.05, 0) is 37.5 Å². The second kappa shape index (κ2) is 3.21. The van der Waals surface area contributed by atoms with Crippen molar-refractivity contribution >= 4 is 17.0 Å². The second-order valence-corrected chi connectivity index (χ2v) is 6.21. The zero-order chi connectivity index (χ0) is 14.1. The maximum Gasteiger partial charge on any atom is 0.309 e. The fourth-order valence-electron chi connectivity index (χ4n) is 3.99. The molecule has 0 atom stereocenters. The lowest BCUT2D eigenvalue weighted by molar-refractivity contribution is -0.196. The first-order valence-electron chi connectivity index (χ1n) is 6.60. The van der Waals surface area contributed by atoms with Crippen molar-refractivity contribution in [3.05, 3.63) is 29.6 Å². The quantitative estimate of drug-likeness (QED) is 0.902. The van der Waals surface area contributed by atoms with E-state index in [1.165, 1.54) is 0 Å². The number of fused-ring (bicyclic) bond motifs is 1. The van der Waals surface area contributed by atoms with Gasteiger partial charge in [-0.15, -0.1) is 0 Å². The van der Waals surface area contributed by atoms with E-state index in [9.17, 15) is 9.90 Å². The SMILES string of the molecule is Cn1c(C23CC(C(=O)O)(C2)C3)nc2ccc(C#N)cc21. The Bertz CT molecular complexity index is 793. The predicted molar refractivity (Wildman–Crippen MR) is 71.0 cm³/mol. The standard InChI is InChI=1S/C15H13N3O2/c1-18-11-4-9(5-16)2-3-10(11)17-12(18)14-6-15(7-14,8-14)13(19)20/h2-4H,6-8H2,1H3,(H,19,20). The van der Waals surface area contributed by atoms with Crippen LogP contribution in [0.1, 0.15) is 30.7 Å². The minimum Gasteiger partial charge on any atom is -0.481 e. The molecule has 2 aromatic rings. The number of carboxylic acid groups (broad SMARTS) is 1. The molecule has 0 amide bonds. The van der Waals surface area contributed by atoms with Crippen molar-refractivity contribution in [1.82, 2.24) is 9.55 Å². The third kappa shape index (κ3) is 1.12. The molecule has 1 N–H and O–H groups in total. The molecule has 100 valence electrons. The van der Waals surface area contributed by atoms with Crippen LogP contribution in [-0.2, 0) is 17.3 Å². The number of aryl methyl sites for hydroxylation is 1. The normalized spacial score (nSPS) is 30.4. The summed E-state index contributed by atoms with van der Waals surface area (Å²) >= 11 is 0. The molecular weight excluding hydrogens is 254 g/mol. The molecule has 3 saturated carbocycles. The summed E-state index contributed by atoms with van der Waals surface area (Å²) in [5, 5.41) is 18.2. The Morgan fingerprint density at radius 3 is 2.75 bits per heavy atom. The minimum absolute atomic E-state index is 0.0566. The zero-order valence-electron chi connectivity index (χ0n) is 11.1. The van der Waals surface area contributed by atoms with Crippen LogP contribution >= 0.6 is 0 Å². The fourth-order valence-corrected chi connectivity index (χ4v) is 3.99. The molecule has 1 aromatic carbocycles. The van der Waals surface area contributed by atoms with Crippen molar-refractivity contribution in [2.75, 3.05) is 0 Å². The van der Waals surface area contributed by atoms with E-state index in [2.05, 4.69) is 11.1 Å². The monoisotopic (exact) mass is 267 g/mol. The average Bonchev–Trinajstić information content (AvgIpc) is 2.63. The van der Waals surface area contributed by atoms with E-state index in [0.717, 1.165) is 16.9 Å². The Balaban J connectivity index is 1.79. The number of aromatic nitrogens is 2. The Kier molecular flexibility index (Phi) is 1.84. The highest BCUT2D eigenvalue weighted by Gasteiger charge is 2.74. The lowest BCUT2D eigenvalue weighted by atomic mass is 9.35. The number of nitriles is 1. The molecule has 0 unspecified atom stereocenters. The van der Waals surface area contributed by atoms with Gasteiger partial charge in [-0.25, -0.2) is 4.98 Å². The summed E-state index contributed by atoms with van der Waals surface area (Å²) in [6.45, 7) is 0. The van der Waals surface area contributed by atoms with Crippen LogP contribution < -0.4 is 0 Å². The van der Waals surface area contributed by atoms with Gasteiger partial charge in [-0.1, -0.05) is 0 Å². The third-order valence-corrected chi connectivity index (χ3v) is 4.97. The molecule has 1 aromatic heterocycles. The molecule has 20 heavy (non-hydrogen) atoms. The summed E-state index contributed by atoms with van der Waals surface area (Å²) in [7, 11) is 1.94. The van der Waals surface area contributed by atoms with Gasteiger partial charge in [0.1, 0.15) is 5.82 Å². The number of benzene rings is 1. The number of carboxylic acids is 1. The van der Waals surface area contributed by atoms with Crippen molar-refractivity contribution in [3.8, 4) is 6.07 Å². The molecular formula is C15H13N3O2. The van der Waals surface area contributed by atoms with Gasteiger partial charge in [-0.2, -0.15) is 5.26 Å². The molecule has 5 heteroatoms. The maximum atomic E-state index is 11.2. The number of aliphatic carboxylic acids is 1. The first kappa shape index (κ1) is 11.5. The molecule has 3 fully saturated rings. The number of rotatable bonds is 2. The molecule has 3 aliphatic rings. The highest BCUT2D eigenvalue weighted by Crippen LogP contribution is 2.73. The number of carbonyl (C=O) groups is 1. The van der Waals surface area contributed by atoms with Crippen LogP contribution in [0.2, 0.25) is 0 Å². The summed E-state index contributed by atoms with van der Waals surface area (Å²) in [6.07, 6.45) is 2.08. The summed E-state index contributed by atoms with van der Waals surface area (Å²) in [6, 6.07) is 7.59. The van der Waals surface area contributed by atoms with Crippen molar-refractivity contribution < 1.29 is 9.90 Å². The summed E-state index contributed by atoms with van der Waals surface area (Å²) in [5.41, 5.74) is 1.88. The molecule has 5 rings (SSSR count). The van der Waals surface area contributed by atoms with E-state index < -0.39 is 11.4 Å². The van der Waals surface area contributed by atoms with Crippen LogP contribution in [0.5, 0.6) is 0 Å². The Morgan fingerprint density at radius 2 is 2.15 bits per heavy atom. The molecule has 5 nitrogen and oxygen atoms in total. The number of hydrogen-bond donors (Lipinski definition) is 1. The van der Waals surface area contributed by atoms with Crippen LogP contribution in [0.3, 0.4) is 0 Å². The topological polar surface area (TPSA) is 78.9 Å². The largest absolute Gasteiger partial charge is 0.481 e. The number of nitrogens with zero attached hydrogens (tertiary/aromatic N) is 3. The van der Waals surface area contributed by atoms with Gasteiger partial charge in [0.25, 0.3) is 0 Å². The van der Waals surface area contributed by atoms with Gasteiger partial charge < -0.3 is 9.67 Å². The van der Waals surface area contributed by atoms with Crippen LogP contribution in [-0.4, -0.2) is 20.6 Å². The smallest absolute Gasteiger partial charge is 0.309 e. The molecule has 3 aliphatic carbocycles.